The van der Waals surface area contributed by atoms with Crippen LogP contribution in [-0.2, 0) is 19.1 Å². The van der Waals surface area contributed by atoms with Crippen molar-refractivity contribution in [1.82, 2.24) is 4.90 Å². The summed E-state index contributed by atoms with van der Waals surface area (Å²) in [7, 11) is 1.54. The maximum Gasteiger partial charge on any atom is 0.329 e. The van der Waals surface area contributed by atoms with Crippen molar-refractivity contribution >= 4 is 23.6 Å². The molecule has 1 heterocycles. The molecule has 0 N–H and O–H groups in total. The van der Waals surface area contributed by atoms with Crippen molar-refractivity contribution in [3.63, 3.8) is 0 Å². The highest BCUT2D eigenvalue weighted by Gasteiger charge is 2.68. The molecule has 6 rings (SSSR count). The Morgan fingerprint density at radius 1 is 1.00 bits per heavy atom. The molecule has 0 aromatic heterocycles. The van der Waals surface area contributed by atoms with Crippen LogP contribution in [0.2, 0.25) is 0 Å². The number of carbonyl (C=O) groups excluding carboxylic acids is 4. The highest BCUT2D eigenvalue weighted by molar-refractivity contribution is 6.09. The molecule has 2 saturated carbocycles. The number of benzene rings is 1. The molecule has 4 aliphatic carbocycles. The summed E-state index contributed by atoms with van der Waals surface area (Å²) < 4.78 is 10.4. The van der Waals surface area contributed by atoms with Gasteiger partial charge in [0.2, 0.25) is 11.8 Å². The largest absolute Gasteiger partial charge is 0.497 e. The number of rotatable bonds is 8. The molecular weight excluding hydrogens is 422 g/mol. The van der Waals surface area contributed by atoms with E-state index in [-0.39, 0.29) is 47.2 Å². The Morgan fingerprint density at radius 3 is 2.09 bits per heavy atom. The van der Waals surface area contributed by atoms with Crippen LogP contribution in [-0.4, -0.2) is 48.2 Å². The predicted octanol–water partition coefficient (Wildman–Crippen LogP) is 2.89. The molecule has 1 aromatic rings. The van der Waals surface area contributed by atoms with Crippen molar-refractivity contribution < 1.29 is 28.7 Å². The normalized spacial score (nSPS) is 31.9. The van der Waals surface area contributed by atoms with Crippen LogP contribution < -0.4 is 4.74 Å². The van der Waals surface area contributed by atoms with E-state index in [9.17, 15) is 19.2 Å². The molecule has 2 bridgehead atoms. The van der Waals surface area contributed by atoms with Crippen LogP contribution in [0.4, 0.5) is 0 Å². The third kappa shape index (κ3) is 3.58. The standard InChI is InChI=1S/C26H29NO6/c1-13(2)10-20(26(31)33-12-21(28)14-4-6-15(32-3)7-5-14)27-24(29)22-16-8-9-17(19-11-18(16)19)23(22)25(27)30/h4-9,13,16-20,22-23H,10-12H2,1-3H3. The number of methoxy groups -OCH3 is 1. The number of ketones is 1. The zero-order valence-corrected chi connectivity index (χ0v) is 19.1. The fourth-order valence-electron chi connectivity index (χ4n) is 6.13. The lowest BCUT2D eigenvalue weighted by atomic mass is 9.63. The minimum absolute atomic E-state index is 0.0614. The van der Waals surface area contributed by atoms with E-state index < -0.39 is 18.6 Å². The Balaban J connectivity index is 1.31. The number of Topliss-reactive ketones (excluding diaryl/α,β-unsaturated/α-hetero) is 1. The number of nitrogens with zero attached hydrogens (tertiary/aromatic N) is 1. The van der Waals surface area contributed by atoms with Crippen molar-refractivity contribution in [2.75, 3.05) is 13.7 Å². The van der Waals surface area contributed by atoms with Crippen LogP contribution in [0.3, 0.4) is 0 Å². The van der Waals surface area contributed by atoms with Gasteiger partial charge in [0.15, 0.2) is 12.4 Å². The van der Waals surface area contributed by atoms with Gasteiger partial charge in [-0.2, -0.15) is 0 Å². The van der Waals surface area contributed by atoms with E-state index in [0.717, 1.165) is 6.42 Å². The summed E-state index contributed by atoms with van der Waals surface area (Å²) in [5.74, 6) is -0.415. The molecule has 174 valence electrons. The highest BCUT2D eigenvalue weighted by Crippen LogP contribution is 2.65. The number of ether oxygens (including phenoxy) is 2. The van der Waals surface area contributed by atoms with Crippen LogP contribution in [0, 0.1) is 41.4 Å². The number of hydrogen-bond donors (Lipinski definition) is 0. The fourth-order valence-corrected chi connectivity index (χ4v) is 6.13. The Morgan fingerprint density at radius 2 is 1.58 bits per heavy atom. The second kappa shape index (κ2) is 8.12. The van der Waals surface area contributed by atoms with E-state index in [1.165, 1.54) is 12.0 Å². The van der Waals surface area contributed by atoms with Gasteiger partial charge in [0.05, 0.1) is 18.9 Å². The lowest BCUT2D eigenvalue weighted by Crippen LogP contribution is -2.47. The molecule has 2 amide bonds. The van der Waals surface area contributed by atoms with E-state index >= 15 is 0 Å². The highest BCUT2D eigenvalue weighted by atomic mass is 16.5. The summed E-state index contributed by atoms with van der Waals surface area (Å²) in [4.78, 5) is 53.7. The molecule has 1 aromatic carbocycles. The van der Waals surface area contributed by atoms with Crippen LogP contribution in [0.5, 0.6) is 5.75 Å². The Bertz CT molecular complexity index is 992. The van der Waals surface area contributed by atoms with Gasteiger partial charge in [-0.05, 0) is 66.7 Å². The van der Waals surface area contributed by atoms with Crippen molar-refractivity contribution in [3.05, 3.63) is 42.0 Å². The summed E-state index contributed by atoms with van der Waals surface area (Å²) in [6, 6.07) is 5.52. The summed E-state index contributed by atoms with van der Waals surface area (Å²) in [6.07, 6.45) is 5.61. The van der Waals surface area contributed by atoms with Gasteiger partial charge in [0.1, 0.15) is 11.8 Å². The van der Waals surface area contributed by atoms with Crippen molar-refractivity contribution in [3.8, 4) is 5.75 Å². The summed E-state index contributed by atoms with van der Waals surface area (Å²) >= 11 is 0. The third-order valence-electron chi connectivity index (χ3n) is 7.73. The molecule has 3 fully saturated rings. The molecule has 7 atom stereocenters. The number of imide groups is 1. The molecule has 7 unspecified atom stereocenters. The summed E-state index contributed by atoms with van der Waals surface area (Å²) in [5, 5.41) is 0. The molecule has 7 heteroatoms. The lowest BCUT2D eigenvalue weighted by molar-refractivity contribution is -0.159. The molecule has 7 nitrogen and oxygen atoms in total. The van der Waals surface area contributed by atoms with Gasteiger partial charge < -0.3 is 9.47 Å². The molecule has 33 heavy (non-hydrogen) atoms. The number of carbonyl (C=O) groups is 4. The first-order chi connectivity index (χ1) is 15.8. The van der Waals surface area contributed by atoms with Crippen molar-refractivity contribution in [1.29, 1.82) is 0 Å². The van der Waals surface area contributed by atoms with Gasteiger partial charge >= 0.3 is 5.97 Å². The van der Waals surface area contributed by atoms with Gasteiger partial charge in [-0.15, -0.1) is 0 Å². The van der Waals surface area contributed by atoms with E-state index in [0.29, 0.717) is 29.6 Å². The average molecular weight is 452 g/mol. The van der Waals surface area contributed by atoms with Gasteiger partial charge in [-0.1, -0.05) is 26.0 Å². The molecule has 0 radical (unpaired) electrons. The molecular formula is C26H29NO6. The first-order valence-corrected chi connectivity index (χ1v) is 11.7. The second-order valence-corrected chi connectivity index (χ2v) is 10.1. The monoisotopic (exact) mass is 451 g/mol. The molecule has 5 aliphatic rings. The van der Waals surface area contributed by atoms with Crippen molar-refractivity contribution in [2.24, 2.45) is 41.4 Å². The number of esters is 1. The molecule has 1 aliphatic heterocycles. The Hall–Kier alpha value is -2.96. The maximum absolute atomic E-state index is 13.4. The first kappa shape index (κ1) is 21.9. The SMILES string of the molecule is COc1ccc(C(=O)COC(=O)C(CC(C)C)N2C(=O)C3C4C=CC(C5CC45)C3C2=O)cc1. The Kier molecular flexibility index (Phi) is 5.38. The van der Waals surface area contributed by atoms with Gasteiger partial charge in [-0.25, -0.2) is 4.79 Å². The topological polar surface area (TPSA) is 90.0 Å². The number of allylic oxidation sites excluding steroid dienone is 2. The number of hydrogen-bond acceptors (Lipinski definition) is 6. The van der Waals surface area contributed by atoms with Gasteiger partial charge in [-0.3, -0.25) is 19.3 Å². The van der Waals surface area contributed by atoms with Gasteiger partial charge in [0.25, 0.3) is 0 Å². The van der Waals surface area contributed by atoms with Crippen LogP contribution in [0.15, 0.2) is 36.4 Å². The Labute approximate surface area is 193 Å². The van der Waals surface area contributed by atoms with Gasteiger partial charge in [0, 0.05) is 5.56 Å². The van der Waals surface area contributed by atoms with Crippen molar-refractivity contribution in [2.45, 2.75) is 32.7 Å². The van der Waals surface area contributed by atoms with E-state index in [1.807, 2.05) is 13.8 Å². The minimum atomic E-state index is -1.00. The number of amides is 2. The minimum Gasteiger partial charge on any atom is -0.497 e. The quantitative estimate of drug-likeness (QED) is 0.261. The second-order valence-electron chi connectivity index (χ2n) is 10.1. The van der Waals surface area contributed by atoms with Crippen LogP contribution in [0.1, 0.15) is 37.0 Å². The third-order valence-corrected chi connectivity index (χ3v) is 7.73. The first-order valence-electron chi connectivity index (χ1n) is 11.7. The zero-order chi connectivity index (χ0) is 23.4. The smallest absolute Gasteiger partial charge is 0.329 e. The van der Waals surface area contributed by atoms with Crippen LogP contribution in [0.25, 0.3) is 0 Å². The molecule has 1 saturated heterocycles. The fraction of sp³-hybridized carbons (Fsp3) is 0.538. The van der Waals surface area contributed by atoms with E-state index in [4.69, 9.17) is 9.47 Å². The summed E-state index contributed by atoms with van der Waals surface area (Å²) in [5.41, 5.74) is 0.394. The van der Waals surface area contributed by atoms with Crippen LogP contribution >= 0.6 is 0 Å². The zero-order valence-electron chi connectivity index (χ0n) is 19.1. The average Bonchev–Trinajstić information content (AvgIpc) is 3.59. The maximum atomic E-state index is 13.4. The van der Waals surface area contributed by atoms with E-state index in [1.54, 1.807) is 24.3 Å². The number of likely N-dealkylation sites (tertiary alicyclic amines) is 1. The molecule has 0 spiro atoms. The summed E-state index contributed by atoms with van der Waals surface area (Å²) in [6.45, 7) is 3.42. The lowest BCUT2D eigenvalue weighted by Gasteiger charge is -2.37. The predicted molar refractivity (Wildman–Crippen MR) is 118 cm³/mol. The van der Waals surface area contributed by atoms with E-state index in [2.05, 4.69) is 12.2 Å².